The number of piperidine rings is 1. The fraction of sp³-hybridized carbons (Fsp3) is 0.458. The number of rotatable bonds is 8. The summed E-state index contributed by atoms with van der Waals surface area (Å²) < 4.78 is 0. The van der Waals surface area contributed by atoms with Crippen molar-refractivity contribution in [1.82, 2.24) is 25.3 Å². The molecule has 2 aliphatic rings. The molecule has 2 fully saturated rings. The number of benzene rings is 1. The van der Waals surface area contributed by atoms with E-state index in [0.717, 1.165) is 68.0 Å². The van der Waals surface area contributed by atoms with Crippen LogP contribution in [-0.4, -0.2) is 63.4 Å². The van der Waals surface area contributed by atoms with Gasteiger partial charge in [0.15, 0.2) is 5.82 Å². The molecule has 0 spiro atoms. The van der Waals surface area contributed by atoms with Crippen LogP contribution in [0, 0.1) is 5.92 Å². The molecule has 3 aromatic rings. The third kappa shape index (κ3) is 6.65. The van der Waals surface area contributed by atoms with E-state index < -0.39 is 0 Å². The molecule has 0 aliphatic carbocycles. The molecule has 1 amide bonds. The van der Waals surface area contributed by atoms with Gasteiger partial charge in [-0.3, -0.25) is 9.69 Å². The molecule has 2 atom stereocenters. The van der Waals surface area contributed by atoms with E-state index in [0.29, 0.717) is 17.5 Å². The van der Waals surface area contributed by atoms with Gasteiger partial charge in [0.2, 0.25) is 16.2 Å². The Balaban J connectivity index is 1.07. The van der Waals surface area contributed by atoms with E-state index in [2.05, 4.69) is 46.9 Å². The zero-order valence-electron chi connectivity index (χ0n) is 19.4. The van der Waals surface area contributed by atoms with E-state index >= 15 is 0 Å². The lowest BCUT2D eigenvalue weighted by molar-refractivity contribution is -0.117. The summed E-state index contributed by atoms with van der Waals surface area (Å²) in [6, 6.07) is 12.1. The van der Waals surface area contributed by atoms with Crippen LogP contribution in [0.5, 0.6) is 0 Å². The average Bonchev–Trinajstić information content (AvgIpc) is 3.50. The molecule has 4 heterocycles. The van der Waals surface area contributed by atoms with Gasteiger partial charge < -0.3 is 15.5 Å². The van der Waals surface area contributed by atoms with Crippen LogP contribution in [0.4, 0.5) is 16.1 Å². The summed E-state index contributed by atoms with van der Waals surface area (Å²) >= 11 is 7.50. The molecule has 35 heavy (non-hydrogen) atoms. The Morgan fingerprint density at radius 2 is 2.00 bits per heavy atom. The van der Waals surface area contributed by atoms with Gasteiger partial charge in [-0.15, -0.1) is 15.3 Å². The number of hydrogen-bond acceptors (Lipinski definition) is 9. The maximum Gasteiger partial charge on any atom is 0.226 e. The summed E-state index contributed by atoms with van der Waals surface area (Å²) in [7, 11) is 0. The standard InChI is InChI=1S/C24H29ClN8OS/c25-19-6-1-4-17(12-19)14-32-10-3-5-18(15-32)13-22(34)28-24-31-30-23(35-24)27-20-8-11-33(16-20)21-7-2-9-26-29-21/h1-2,4,6-7,9,12,18,20H,3,5,8,10-11,13-16H2,(H,27,30)(H,28,31,34)/t18-,20+/m0/s1. The maximum atomic E-state index is 12.7. The van der Waals surface area contributed by atoms with Crippen LogP contribution in [0.2, 0.25) is 5.02 Å². The van der Waals surface area contributed by atoms with Gasteiger partial charge in [0, 0.05) is 49.9 Å². The summed E-state index contributed by atoms with van der Waals surface area (Å²) in [6.07, 6.45) is 5.30. The Kier molecular flexibility index (Phi) is 7.70. The van der Waals surface area contributed by atoms with E-state index in [1.165, 1.54) is 16.9 Å². The zero-order chi connectivity index (χ0) is 24.0. The highest BCUT2D eigenvalue weighted by atomic mass is 35.5. The fourth-order valence-corrected chi connectivity index (χ4v) is 5.79. The van der Waals surface area contributed by atoms with E-state index in [9.17, 15) is 4.79 Å². The lowest BCUT2D eigenvalue weighted by Crippen LogP contribution is -2.36. The van der Waals surface area contributed by atoms with E-state index in [-0.39, 0.29) is 11.9 Å². The van der Waals surface area contributed by atoms with Gasteiger partial charge in [0.25, 0.3) is 0 Å². The molecule has 2 aromatic heterocycles. The minimum atomic E-state index is -0.00278. The van der Waals surface area contributed by atoms with Crippen LogP contribution in [0.1, 0.15) is 31.2 Å². The maximum absolute atomic E-state index is 12.7. The van der Waals surface area contributed by atoms with Crippen molar-refractivity contribution >= 4 is 44.9 Å². The average molecular weight is 513 g/mol. The second-order valence-electron chi connectivity index (χ2n) is 9.20. The molecule has 1 aromatic carbocycles. The summed E-state index contributed by atoms with van der Waals surface area (Å²) in [5.41, 5.74) is 1.21. The van der Waals surface area contributed by atoms with Gasteiger partial charge in [0.05, 0.1) is 0 Å². The third-order valence-corrected chi connectivity index (χ3v) is 7.45. The van der Waals surface area contributed by atoms with Crippen molar-refractivity contribution in [3.05, 3.63) is 53.2 Å². The van der Waals surface area contributed by atoms with Crippen molar-refractivity contribution in [3.8, 4) is 0 Å². The number of carbonyl (C=O) groups excluding carboxylic acids is 1. The van der Waals surface area contributed by atoms with E-state index in [1.807, 2.05) is 30.3 Å². The minimum absolute atomic E-state index is 0.00278. The Morgan fingerprint density at radius 3 is 2.86 bits per heavy atom. The van der Waals surface area contributed by atoms with Gasteiger partial charge in [-0.05, 0) is 61.6 Å². The third-order valence-electron chi connectivity index (χ3n) is 6.44. The van der Waals surface area contributed by atoms with Gasteiger partial charge in [-0.1, -0.05) is 35.1 Å². The second-order valence-corrected chi connectivity index (χ2v) is 10.6. The van der Waals surface area contributed by atoms with Crippen molar-refractivity contribution in [3.63, 3.8) is 0 Å². The Morgan fingerprint density at radius 1 is 1.09 bits per heavy atom. The molecule has 0 radical (unpaired) electrons. The van der Waals surface area contributed by atoms with Crippen LogP contribution in [-0.2, 0) is 11.3 Å². The molecule has 0 bridgehead atoms. The van der Waals surface area contributed by atoms with Crippen molar-refractivity contribution in [2.45, 2.75) is 38.3 Å². The van der Waals surface area contributed by atoms with Crippen LogP contribution in [0.15, 0.2) is 42.6 Å². The predicted octanol–water partition coefficient (Wildman–Crippen LogP) is 3.91. The highest BCUT2D eigenvalue weighted by Crippen LogP contribution is 2.26. The number of anilines is 3. The molecule has 2 aliphatic heterocycles. The topological polar surface area (TPSA) is 99.2 Å². The minimum Gasteiger partial charge on any atom is -0.355 e. The summed E-state index contributed by atoms with van der Waals surface area (Å²) in [6.45, 7) is 4.56. The van der Waals surface area contributed by atoms with Crippen LogP contribution in [0.3, 0.4) is 0 Å². The van der Waals surface area contributed by atoms with Gasteiger partial charge in [0.1, 0.15) is 0 Å². The summed E-state index contributed by atoms with van der Waals surface area (Å²) in [4.78, 5) is 17.3. The number of halogens is 1. The van der Waals surface area contributed by atoms with Gasteiger partial charge >= 0.3 is 0 Å². The Labute approximate surface area is 213 Å². The van der Waals surface area contributed by atoms with Crippen molar-refractivity contribution in [2.75, 3.05) is 41.7 Å². The lowest BCUT2D eigenvalue weighted by Gasteiger charge is -2.32. The highest BCUT2D eigenvalue weighted by molar-refractivity contribution is 7.19. The predicted molar refractivity (Wildman–Crippen MR) is 139 cm³/mol. The first-order valence-corrected chi connectivity index (χ1v) is 13.2. The van der Waals surface area contributed by atoms with Crippen molar-refractivity contribution < 1.29 is 4.79 Å². The number of carbonyl (C=O) groups is 1. The second kappa shape index (κ2) is 11.3. The molecule has 11 heteroatoms. The van der Waals surface area contributed by atoms with Gasteiger partial charge in [-0.2, -0.15) is 5.10 Å². The molecule has 9 nitrogen and oxygen atoms in total. The molecular formula is C24H29ClN8OS. The van der Waals surface area contributed by atoms with Crippen LogP contribution in [0.25, 0.3) is 0 Å². The van der Waals surface area contributed by atoms with Crippen LogP contribution >= 0.6 is 22.9 Å². The molecule has 0 unspecified atom stereocenters. The number of aromatic nitrogens is 4. The Hall–Kier alpha value is -2.82. The molecule has 184 valence electrons. The summed E-state index contributed by atoms with van der Waals surface area (Å²) in [5.74, 6) is 1.21. The lowest BCUT2D eigenvalue weighted by atomic mass is 9.94. The summed E-state index contributed by atoms with van der Waals surface area (Å²) in [5, 5.41) is 24.9. The number of amides is 1. The molecular weight excluding hydrogens is 484 g/mol. The number of nitrogens with one attached hydrogen (secondary N) is 2. The van der Waals surface area contributed by atoms with Crippen molar-refractivity contribution in [2.24, 2.45) is 5.92 Å². The molecule has 2 N–H and O–H groups in total. The largest absolute Gasteiger partial charge is 0.355 e. The first kappa shape index (κ1) is 23.9. The number of nitrogens with zero attached hydrogens (tertiary/aromatic N) is 6. The van der Waals surface area contributed by atoms with E-state index in [4.69, 9.17) is 11.6 Å². The molecule has 2 saturated heterocycles. The molecule has 0 saturated carbocycles. The van der Waals surface area contributed by atoms with Gasteiger partial charge in [-0.25, -0.2) is 0 Å². The normalized spacial score (nSPS) is 20.7. The SMILES string of the molecule is O=C(C[C@@H]1CCCN(Cc2cccc(Cl)c2)C1)Nc1nnc(N[C@@H]2CCN(c3cccnn3)C2)s1. The number of likely N-dealkylation sites (tertiary alicyclic amines) is 1. The Bertz CT molecular complexity index is 1130. The van der Waals surface area contributed by atoms with E-state index in [1.54, 1.807) is 6.20 Å². The number of hydrogen-bond donors (Lipinski definition) is 2. The zero-order valence-corrected chi connectivity index (χ0v) is 21.0. The fourth-order valence-electron chi connectivity index (χ4n) is 4.84. The first-order valence-electron chi connectivity index (χ1n) is 12.0. The smallest absolute Gasteiger partial charge is 0.226 e. The monoisotopic (exact) mass is 512 g/mol. The first-order chi connectivity index (χ1) is 17.1. The quantitative estimate of drug-likeness (QED) is 0.468. The van der Waals surface area contributed by atoms with Crippen LogP contribution < -0.4 is 15.5 Å². The van der Waals surface area contributed by atoms with Crippen molar-refractivity contribution in [1.29, 1.82) is 0 Å². The highest BCUT2D eigenvalue weighted by Gasteiger charge is 2.25. The molecule has 5 rings (SSSR count).